The van der Waals surface area contributed by atoms with Gasteiger partial charge in [-0.25, -0.2) is 4.98 Å². The number of aromatic nitrogens is 2. The van der Waals surface area contributed by atoms with E-state index < -0.39 is 36.5 Å². The quantitative estimate of drug-likeness (QED) is 0.610. The maximum Gasteiger partial charge on any atom is 0.449 e. The minimum absolute atomic E-state index is 0.108. The molecule has 0 aliphatic heterocycles. The number of amides is 1. The highest BCUT2D eigenvalue weighted by Gasteiger charge is 2.38. The van der Waals surface area contributed by atoms with Crippen molar-refractivity contribution in [2.75, 3.05) is 14.1 Å². The predicted octanol–water partition coefficient (Wildman–Crippen LogP) is 3.43. The van der Waals surface area contributed by atoms with Gasteiger partial charge < -0.3 is 14.2 Å². The molecule has 0 fully saturated rings. The molecule has 3 aromatic rings. The van der Waals surface area contributed by atoms with Gasteiger partial charge >= 0.3 is 12.1 Å². The Balaban J connectivity index is 1.92. The van der Waals surface area contributed by atoms with Gasteiger partial charge in [-0.15, -0.1) is 0 Å². The van der Waals surface area contributed by atoms with Crippen LogP contribution in [0.2, 0.25) is 0 Å². The second-order valence-electron chi connectivity index (χ2n) is 6.52. The third-order valence-electron chi connectivity index (χ3n) is 4.21. The highest BCUT2D eigenvalue weighted by molar-refractivity contribution is 5.85. The standard InChI is InChI=1S/C20H18F3N3O3/c1-25(2)18(28)17(13-8-4-3-5-9-13)29-16(27)12-26-15-11-7-6-10-14(15)24-19(26)20(21,22)23/h3-11,17H,12H2,1-2H3. The number of hydrogen-bond acceptors (Lipinski definition) is 4. The molecule has 0 N–H and O–H groups in total. The molecular weight excluding hydrogens is 387 g/mol. The molecule has 1 unspecified atom stereocenters. The van der Waals surface area contributed by atoms with E-state index in [1.165, 1.54) is 31.1 Å². The molecule has 0 spiro atoms. The molecule has 3 rings (SSSR count). The molecule has 1 amide bonds. The first kappa shape index (κ1) is 20.4. The van der Waals surface area contributed by atoms with Crippen molar-refractivity contribution in [1.29, 1.82) is 0 Å². The summed E-state index contributed by atoms with van der Waals surface area (Å²) in [4.78, 5) is 29.8. The average molecular weight is 405 g/mol. The summed E-state index contributed by atoms with van der Waals surface area (Å²) >= 11 is 0. The van der Waals surface area contributed by atoms with Gasteiger partial charge in [-0.1, -0.05) is 42.5 Å². The number of nitrogens with zero attached hydrogens (tertiary/aromatic N) is 3. The van der Waals surface area contributed by atoms with Crippen LogP contribution in [0.3, 0.4) is 0 Å². The lowest BCUT2D eigenvalue weighted by Crippen LogP contribution is -2.32. The largest absolute Gasteiger partial charge is 0.449 e. The van der Waals surface area contributed by atoms with E-state index in [9.17, 15) is 22.8 Å². The van der Waals surface area contributed by atoms with Crippen LogP contribution in [0, 0.1) is 0 Å². The van der Waals surface area contributed by atoms with Crippen LogP contribution in [-0.2, 0) is 27.0 Å². The van der Waals surface area contributed by atoms with Crippen molar-refractivity contribution in [3.63, 3.8) is 0 Å². The van der Waals surface area contributed by atoms with Gasteiger partial charge in [0.15, 0.2) is 0 Å². The smallest absolute Gasteiger partial charge is 0.446 e. The molecule has 9 heteroatoms. The number of fused-ring (bicyclic) bond motifs is 1. The number of carbonyl (C=O) groups is 2. The summed E-state index contributed by atoms with van der Waals surface area (Å²) in [5.74, 6) is -2.69. The SMILES string of the molecule is CN(C)C(=O)C(OC(=O)Cn1c(C(F)(F)F)nc2ccccc21)c1ccccc1. The highest BCUT2D eigenvalue weighted by atomic mass is 19.4. The summed E-state index contributed by atoms with van der Waals surface area (Å²) in [5.41, 5.74) is 0.676. The molecule has 0 aliphatic carbocycles. The minimum atomic E-state index is -4.75. The van der Waals surface area contributed by atoms with E-state index in [1.54, 1.807) is 42.5 Å². The van der Waals surface area contributed by atoms with Crippen LogP contribution in [0.4, 0.5) is 13.2 Å². The zero-order valence-electron chi connectivity index (χ0n) is 15.7. The van der Waals surface area contributed by atoms with E-state index in [4.69, 9.17) is 4.74 Å². The summed E-state index contributed by atoms with van der Waals surface area (Å²) in [6, 6.07) is 14.2. The predicted molar refractivity (Wildman–Crippen MR) is 98.7 cm³/mol. The Bertz CT molecular complexity index is 1030. The van der Waals surface area contributed by atoms with Gasteiger partial charge in [-0.05, 0) is 12.1 Å². The fourth-order valence-corrected chi connectivity index (χ4v) is 2.87. The lowest BCUT2D eigenvalue weighted by Gasteiger charge is -2.21. The first-order valence-electron chi connectivity index (χ1n) is 8.66. The number of alkyl halides is 3. The number of hydrogen-bond donors (Lipinski definition) is 0. The number of para-hydroxylation sites is 2. The summed E-state index contributed by atoms with van der Waals surface area (Å²) < 4.78 is 46.3. The normalized spacial score (nSPS) is 12.6. The zero-order chi connectivity index (χ0) is 21.2. The van der Waals surface area contributed by atoms with E-state index in [0.717, 1.165) is 4.57 Å². The lowest BCUT2D eigenvalue weighted by molar-refractivity contribution is -0.161. The Hall–Kier alpha value is -3.36. The van der Waals surface area contributed by atoms with Gasteiger partial charge in [-0.3, -0.25) is 9.59 Å². The molecule has 2 aromatic carbocycles. The number of likely N-dealkylation sites (N-methyl/N-ethyl adjacent to an activating group) is 1. The number of carbonyl (C=O) groups excluding carboxylic acids is 2. The Kier molecular flexibility index (Phi) is 5.58. The first-order valence-corrected chi connectivity index (χ1v) is 8.66. The molecule has 0 bridgehead atoms. The van der Waals surface area contributed by atoms with Gasteiger partial charge in [0, 0.05) is 19.7 Å². The molecule has 29 heavy (non-hydrogen) atoms. The van der Waals surface area contributed by atoms with Crippen LogP contribution in [0.5, 0.6) is 0 Å². The van der Waals surface area contributed by atoms with E-state index in [1.807, 2.05) is 0 Å². The Morgan fingerprint density at radius 3 is 2.31 bits per heavy atom. The van der Waals surface area contributed by atoms with Gasteiger partial charge in [-0.2, -0.15) is 13.2 Å². The molecule has 6 nitrogen and oxygen atoms in total. The molecule has 1 atom stereocenters. The number of halogens is 3. The maximum absolute atomic E-state index is 13.4. The first-order chi connectivity index (χ1) is 13.7. The molecule has 0 radical (unpaired) electrons. The molecule has 1 heterocycles. The van der Waals surface area contributed by atoms with Crippen LogP contribution in [0.15, 0.2) is 54.6 Å². The number of ether oxygens (including phenoxy) is 1. The van der Waals surface area contributed by atoms with E-state index in [2.05, 4.69) is 4.98 Å². The van der Waals surface area contributed by atoms with Crippen LogP contribution < -0.4 is 0 Å². The number of rotatable bonds is 5. The fraction of sp³-hybridized carbons (Fsp3) is 0.250. The van der Waals surface area contributed by atoms with Crippen LogP contribution in [-0.4, -0.2) is 40.4 Å². The van der Waals surface area contributed by atoms with Gasteiger partial charge in [0.05, 0.1) is 11.0 Å². The van der Waals surface area contributed by atoms with Crippen molar-refractivity contribution in [2.45, 2.75) is 18.8 Å². The monoisotopic (exact) mass is 405 g/mol. The Morgan fingerprint density at radius 1 is 1.07 bits per heavy atom. The molecular formula is C20H18F3N3O3. The van der Waals surface area contributed by atoms with Crippen LogP contribution in [0.1, 0.15) is 17.5 Å². The Morgan fingerprint density at radius 2 is 1.69 bits per heavy atom. The van der Waals surface area contributed by atoms with Gasteiger partial charge in [0.2, 0.25) is 11.9 Å². The zero-order valence-corrected chi connectivity index (χ0v) is 15.7. The number of esters is 1. The fourth-order valence-electron chi connectivity index (χ4n) is 2.87. The van der Waals surface area contributed by atoms with Crippen molar-refractivity contribution >= 4 is 22.9 Å². The van der Waals surface area contributed by atoms with Crippen molar-refractivity contribution in [1.82, 2.24) is 14.5 Å². The minimum Gasteiger partial charge on any atom is -0.446 e. The van der Waals surface area contributed by atoms with Gasteiger partial charge in [0.1, 0.15) is 6.54 Å². The van der Waals surface area contributed by atoms with Crippen molar-refractivity contribution < 1.29 is 27.5 Å². The molecule has 1 aromatic heterocycles. The summed E-state index contributed by atoms with van der Waals surface area (Å²) in [6.07, 6.45) is -6.01. The van der Waals surface area contributed by atoms with Crippen molar-refractivity contribution in [2.24, 2.45) is 0 Å². The highest BCUT2D eigenvalue weighted by Crippen LogP contribution is 2.31. The second-order valence-corrected chi connectivity index (χ2v) is 6.52. The molecule has 152 valence electrons. The Labute approximate surface area is 164 Å². The summed E-state index contributed by atoms with van der Waals surface area (Å²) in [5, 5.41) is 0. The van der Waals surface area contributed by atoms with Gasteiger partial charge in [0.25, 0.3) is 5.91 Å². The van der Waals surface area contributed by atoms with Crippen LogP contribution >= 0.6 is 0 Å². The van der Waals surface area contributed by atoms with Crippen molar-refractivity contribution in [3.8, 4) is 0 Å². The summed E-state index contributed by atoms with van der Waals surface area (Å²) in [7, 11) is 2.99. The third kappa shape index (κ3) is 4.39. The summed E-state index contributed by atoms with van der Waals surface area (Å²) in [6.45, 7) is -0.737. The van der Waals surface area contributed by atoms with Crippen molar-refractivity contribution in [3.05, 3.63) is 66.0 Å². The number of benzene rings is 2. The molecule has 0 saturated heterocycles. The molecule has 0 saturated carbocycles. The topological polar surface area (TPSA) is 64.4 Å². The average Bonchev–Trinajstić information content (AvgIpc) is 3.05. The maximum atomic E-state index is 13.4. The molecule has 0 aliphatic rings. The third-order valence-corrected chi connectivity index (χ3v) is 4.21. The van der Waals surface area contributed by atoms with E-state index in [-0.39, 0.29) is 11.0 Å². The van der Waals surface area contributed by atoms with Crippen LogP contribution in [0.25, 0.3) is 11.0 Å². The van der Waals surface area contributed by atoms with E-state index in [0.29, 0.717) is 5.56 Å². The lowest BCUT2D eigenvalue weighted by atomic mass is 10.1. The van der Waals surface area contributed by atoms with E-state index >= 15 is 0 Å². The number of imidazole rings is 1. The second kappa shape index (κ2) is 7.94.